The summed E-state index contributed by atoms with van der Waals surface area (Å²) in [7, 11) is 1.54. The van der Waals surface area contributed by atoms with Crippen LogP contribution < -0.4 is 5.32 Å². The number of carboxylic acids is 1. The molecule has 2 N–H and O–H groups in total. The van der Waals surface area contributed by atoms with E-state index in [2.05, 4.69) is 26.0 Å². The van der Waals surface area contributed by atoms with Crippen LogP contribution in [-0.2, 0) is 20.9 Å². The van der Waals surface area contributed by atoms with E-state index in [1.165, 1.54) is 4.90 Å². The maximum Gasteiger partial charge on any atom is 0.329 e. The summed E-state index contributed by atoms with van der Waals surface area (Å²) in [6, 6.07) is 6.84. The van der Waals surface area contributed by atoms with Crippen LogP contribution in [0, 0.1) is 0 Å². The molecule has 0 saturated carbocycles. The third-order valence-electron chi connectivity index (χ3n) is 2.36. The predicted octanol–water partition coefficient (Wildman–Crippen LogP) is 1.22. The number of ether oxygens (including phenoxy) is 1. The van der Waals surface area contributed by atoms with E-state index in [0.29, 0.717) is 6.54 Å². The van der Waals surface area contributed by atoms with Crippen molar-refractivity contribution in [2.75, 3.05) is 20.3 Å². The molecule has 3 amide bonds. The fourth-order valence-electron chi connectivity index (χ4n) is 1.46. The lowest BCUT2D eigenvalue weighted by molar-refractivity contribution is -0.143. The third-order valence-corrected chi connectivity index (χ3v) is 2.85. The van der Waals surface area contributed by atoms with Gasteiger partial charge in [-0.05, 0) is 17.7 Å². The standard InChI is InChI=1S/C13H15BrN2O5/c1-16(6-9-3-2-4-10(14)5-9)13(20)15-11(17)7-21-8-12(18)19/h2-5H,6-8H2,1H3,(H,18,19)(H,15,17,20). The van der Waals surface area contributed by atoms with Gasteiger partial charge >= 0.3 is 12.0 Å². The van der Waals surface area contributed by atoms with Gasteiger partial charge in [0, 0.05) is 18.1 Å². The van der Waals surface area contributed by atoms with E-state index in [0.717, 1.165) is 10.0 Å². The molecule has 0 aromatic heterocycles. The maximum absolute atomic E-state index is 11.8. The molecule has 8 heteroatoms. The van der Waals surface area contributed by atoms with E-state index in [-0.39, 0.29) is 0 Å². The number of aliphatic carboxylic acids is 1. The summed E-state index contributed by atoms with van der Waals surface area (Å²) in [5, 5.41) is 10.5. The van der Waals surface area contributed by atoms with Crippen LogP contribution in [0.15, 0.2) is 28.7 Å². The highest BCUT2D eigenvalue weighted by Gasteiger charge is 2.13. The zero-order valence-corrected chi connectivity index (χ0v) is 12.9. The molecule has 0 aliphatic rings. The molecule has 21 heavy (non-hydrogen) atoms. The molecule has 0 unspecified atom stereocenters. The highest BCUT2D eigenvalue weighted by atomic mass is 79.9. The van der Waals surface area contributed by atoms with Crippen LogP contribution in [0.25, 0.3) is 0 Å². The number of carboxylic acid groups (broad SMARTS) is 1. The van der Waals surface area contributed by atoms with Crippen LogP contribution in [-0.4, -0.2) is 48.2 Å². The lowest BCUT2D eigenvalue weighted by Gasteiger charge is -2.17. The summed E-state index contributed by atoms with van der Waals surface area (Å²) in [5.74, 6) is -1.87. The number of benzene rings is 1. The molecule has 0 atom stereocenters. The number of urea groups is 1. The largest absolute Gasteiger partial charge is 0.480 e. The summed E-state index contributed by atoms with van der Waals surface area (Å²) in [6.07, 6.45) is 0. The van der Waals surface area contributed by atoms with Gasteiger partial charge in [0.2, 0.25) is 0 Å². The van der Waals surface area contributed by atoms with Gasteiger partial charge in [0.05, 0.1) is 0 Å². The number of nitrogens with zero attached hydrogens (tertiary/aromatic N) is 1. The predicted molar refractivity (Wildman–Crippen MR) is 77.6 cm³/mol. The summed E-state index contributed by atoms with van der Waals surface area (Å²) >= 11 is 3.33. The fraction of sp³-hybridized carbons (Fsp3) is 0.308. The van der Waals surface area contributed by atoms with Crippen LogP contribution in [0.2, 0.25) is 0 Å². The molecule has 0 bridgehead atoms. The van der Waals surface area contributed by atoms with E-state index in [4.69, 9.17) is 5.11 Å². The first-order valence-electron chi connectivity index (χ1n) is 5.97. The lowest BCUT2D eigenvalue weighted by Crippen LogP contribution is -2.42. The summed E-state index contributed by atoms with van der Waals surface area (Å²) in [4.78, 5) is 34.6. The van der Waals surface area contributed by atoms with Crippen molar-refractivity contribution in [3.05, 3.63) is 34.3 Å². The fourth-order valence-corrected chi connectivity index (χ4v) is 1.91. The Hall–Kier alpha value is -1.93. The number of rotatable bonds is 6. The van der Waals surface area contributed by atoms with Crippen LogP contribution in [0.3, 0.4) is 0 Å². The third kappa shape index (κ3) is 6.87. The minimum absolute atomic E-state index is 0.328. The van der Waals surface area contributed by atoms with Crippen LogP contribution in [0.5, 0.6) is 0 Å². The number of nitrogens with one attached hydrogen (secondary N) is 1. The van der Waals surface area contributed by atoms with Crippen molar-refractivity contribution >= 4 is 33.8 Å². The molecule has 0 radical (unpaired) electrons. The van der Waals surface area contributed by atoms with Gasteiger partial charge in [0.1, 0.15) is 13.2 Å². The Kier molecular flexibility index (Phi) is 6.83. The van der Waals surface area contributed by atoms with E-state index in [9.17, 15) is 14.4 Å². The molecule has 0 heterocycles. The summed E-state index contributed by atoms with van der Waals surface area (Å²) < 4.78 is 5.48. The number of imide groups is 1. The van der Waals surface area contributed by atoms with Gasteiger partial charge in [0.25, 0.3) is 5.91 Å². The average molecular weight is 359 g/mol. The van der Waals surface area contributed by atoms with Crippen molar-refractivity contribution in [3.8, 4) is 0 Å². The molecule has 1 aromatic rings. The first-order chi connectivity index (χ1) is 9.88. The monoisotopic (exact) mass is 358 g/mol. The second-order valence-corrected chi connectivity index (χ2v) is 5.14. The Morgan fingerprint density at radius 2 is 2.05 bits per heavy atom. The minimum Gasteiger partial charge on any atom is -0.480 e. The van der Waals surface area contributed by atoms with Crippen molar-refractivity contribution in [3.63, 3.8) is 0 Å². The van der Waals surface area contributed by atoms with E-state index >= 15 is 0 Å². The lowest BCUT2D eigenvalue weighted by atomic mass is 10.2. The van der Waals surface area contributed by atoms with Crippen molar-refractivity contribution in [1.29, 1.82) is 0 Å². The van der Waals surface area contributed by atoms with Gasteiger partial charge in [-0.2, -0.15) is 0 Å². The molecule has 0 fully saturated rings. The number of halogens is 1. The Balaban J connectivity index is 2.40. The number of hydrogen-bond acceptors (Lipinski definition) is 4. The van der Waals surface area contributed by atoms with Gasteiger partial charge in [-0.1, -0.05) is 28.1 Å². The van der Waals surface area contributed by atoms with Crippen molar-refractivity contribution in [2.24, 2.45) is 0 Å². The molecular formula is C13H15BrN2O5. The molecule has 1 aromatic carbocycles. The Bertz CT molecular complexity index is 535. The molecule has 0 aliphatic carbocycles. The zero-order chi connectivity index (χ0) is 15.8. The summed E-state index contributed by atoms with van der Waals surface area (Å²) in [5.41, 5.74) is 0.900. The highest BCUT2D eigenvalue weighted by Crippen LogP contribution is 2.12. The van der Waals surface area contributed by atoms with Crippen LogP contribution in [0.1, 0.15) is 5.56 Å². The topological polar surface area (TPSA) is 95.9 Å². The first-order valence-corrected chi connectivity index (χ1v) is 6.76. The number of carbonyl (C=O) groups excluding carboxylic acids is 2. The Labute approximate surface area is 130 Å². The molecule has 7 nitrogen and oxygen atoms in total. The van der Waals surface area contributed by atoms with Gasteiger partial charge in [0.15, 0.2) is 0 Å². The van der Waals surface area contributed by atoms with Gasteiger partial charge in [-0.25, -0.2) is 9.59 Å². The van der Waals surface area contributed by atoms with E-state index < -0.39 is 31.1 Å². The second-order valence-electron chi connectivity index (χ2n) is 4.23. The van der Waals surface area contributed by atoms with Gasteiger partial charge in [-0.3, -0.25) is 10.1 Å². The molecule has 0 aliphatic heterocycles. The molecular weight excluding hydrogens is 344 g/mol. The van der Waals surface area contributed by atoms with Crippen molar-refractivity contribution < 1.29 is 24.2 Å². The Morgan fingerprint density at radius 3 is 2.67 bits per heavy atom. The van der Waals surface area contributed by atoms with E-state index in [1.54, 1.807) is 7.05 Å². The summed E-state index contributed by atoms with van der Waals surface area (Å²) in [6.45, 7) is -0.743. The van der Waals surface area contributed by atoms with Crippen molar-refractivity contribution in [2.45, 2.75) is 6.54 Å². The molecule has 0 saturated heterocycles. The normalized spacial score (nSPS) is 10.0. The smallest absolute Gasteiger partial charge is 0.329 e. The quantitative estimate of drug-likeness (QED) is 0.796. The van der Waals surface area contributed by atoms with Gasteiger partial charge in [-0.15, -0.1) is 0 Å². The Morgan fingerprint density at radius 1 is 1.33 bits per heavy atom. The number of amides is 3. The maximum atomic E-state index is 11.8. The average Bonchev–Trinajstić information content (AvgIpc) is 2.38. The molecule has 0 spiro atoms. The molecule has 1 rings (SSSR count). The second kappa shape index (κ2) is 8.38. The van der Waals surface area contributed by atoms with Gasteiger partial charge < -0.3 is 14.7 Å². The van der Waals surface area contributed by atoms with Crippen molar-refractivity contribution in [1.82, 2.24) is 10.2 Å². The van der Waals surface area contributed by atoms with Crippen LogP contribution >= 0.6 is 15.9 Å². The number of carbonyl (C=O) groups is 3. The van der Waals surface area contributed by atoms with E-state index in [1.807, 2.05) is 24.3 Å². The first kappa shape index (κ1) is 17.1. The minimum atomic E-state index is -1.18. The van der Waals surface area contributed by atoms with Crippen LogP contribution in [0.4, 0.5) is 4.79 Å². The highest BCUT2D eigenvalue weighted by molar-refractivity contribution is 9.10. The zero-order valence-electron chi connectivity index (χ0n) is 11.3. The number of hydrogen-bond donors (Lipinski definition) is 2. The molecule has 114 valence electrons. The SMILES string of the molecule is CN(Cc1cccc(Br)c1)C(=O)NC(=O)COCC(=O)O.